The van der Waals surface area contributed by atoms with Gasteiger partial charge in [-0.15, -0.1) is 0 Å². The van der Waals surface area contributed by atoms with Gasteiger partial charge in [0.15, 0.2) is 0 Å². The molecule has 0 saturated heterocycles. The average molecular weight is 190 g/mol. The zero-order valence-corrected chi connectivity index (χ0v) is 9.17. The van der Waals surface area contributed by atoms with E-state index >= 15 is 0 Å². The zero-order chi connectivity index (χ0) is 10.4. The molecule has 1 aliphatic rings. The first-order valence-electron chi connectivity index (χ1n) is 5.18. The molecule has 2 rings (SSSR count). The molecule has 2 N–H and O–H groups in total. The van der Waals surface area contributed by atoms with Crippen molar-refractivity contribution < 1.29 is 0 Å². The molecule has 1 aromatic rings. The van der Waals surface area contributed by atoms with E-state index in [0.29, 0.717) is 0 Å². The maximum Gasteiger partial charge on any atom is 0.0372 e. The van der Waals surface area contributed by atoms with Gasteiger partial charge >= 0.3 is 0 Å². The van der Waals surface area contributed by atoms with E-state index < -0.39 is 0 Å². The first-order chi connectivity index (χ1) is 6.46. The Morgan fingerprint density at radius 1 is 1.36 bits per heavy atom. The van der Waals surface area contributed by atoms with Crippen LogP contribution in [0.15, 0.2) is 18.3 Å². The van der Waals surface area contributed by atoms with Gasteiger partial charge in [0, 0.05) is 22.8 Å². The predicted octanol–water partition coefficient (Wildman–Crippen LogP) is 2.16. The Balaban J connectivity index is 2.36. The molecule has 2 heteroatoms. The van der Waals surface area contributed by atoms with Gasteiger partial charge in [0.1, 0.15) is 0 Å². The van der Waals surface area contributed by atoms with Gasteiger partial charge in [-0.05, 0) is 45.2 Å². The maximum atomic E-state index is 6.22. The molecule has 0 atom stereocenters. The summed E-state index contributed by atoms with van der Waals surface area (Å²) in [6.45, 7) is 6.23. The summed E-state index contributed by atoms with van der Waals surface area (Å²) in [5.41, 5.74) is 8.64. The minimum atomic E-state index is -0.135. The predicted molar refractivity (Wildman–Crippen MR) is 58.2 cm³/mol. The highest BCUT2D eigenvalue weighted by Gasteiger charge is 2.53. The Morgan fingerprint density at radius 3 is 2.36 bits per heavy atom. The molecule has 1 saturated carbocycles. The lowest BCUT2D eigenvalue weighted by Gasteiger charge is -2.31. The molecule has 0 unspecified atom stereocenters. The summed E-state index contributed by atoms with van der Waals surface area (Å²) in [6, 6.07) is 4.24. The Morgan fingerprint density at radius 2 is 2.00 bits per heavy atom. The molecule has 0 radical (unpaired) electrons. The van der Waals surface area contributed by atoms with Crippen molar-refractivity contribution in [3.8, 4) is 0 Å². The van der Waals surface area contributed by atoms with Crippen LogP contribution in [0.5, 0.6) is 0 Å². The Hall–Kier alpha value is -0.890. The van der Waals surface area contributed by atoms with Crippen LogP contribution in [0, 0.1) is 6.92 Å². The maximum absolute atomic E-state index is 6.22. The third kappa shape index (κ3) is 1.34. The molecule has 0 amide bonds. The van der Waals surface area contributed by atoms with E-state index in [1.54, 1.807) is 0 Å². The topological polar surface area (TPSA) is 38.9 Å². The smallest absolute Gasteiger partial charge is 0.0372 e. The van der Waals surface area contributed by atoms with Gasteiger partial charge in [0.2, 0.25) is 0 Å². The van der Waals surface area contributed by atoms with Crippen LogP contribution in [-0.2, 0) is 5.41 Å². The Kier molecular flexibility index (Phi) is 1.93. The zero-order valence-electron chi connectivity index (χ0n) is 9.17. The molecule has 1 fully saturated rings. The van der Waals surface area contributed by atoms with Crippen molar-refractivity contribution >= 4 is 0 Å². The summed E-state index contributed by atoms with van der Waals surface area (Å²) in [6.07, 6.45) is 4.37. The fraction of sp³-hybridized carbons (Fsp3) is 0.583. The second kappa shape index (κ2) is 2.80. The molecular formula is C12H18N2. The van der Waals surface area contributed by atoms with Gasteiger partial charge in [-0.3, -0.25) is 4.98 Å². The molecule has 0 aromatic carbocycles. The normalized spacial score (nSPS) is 19.4. The van der Waals surface area contributed by atoms with Gasteiger partial charge in [-0.25, -0.2) is 0 Å². The quantitative estimate of drug-likeness (QED) is 0.776. The highest BCUT2D eigenvalue weighted by Crippen LogP contribution is 2.54. The number of nitrogens with zero attached hydrogens (tertiary/aromatic N) is 1. The molecule has 2 nitrogen and oxygen atoms in total. The SMILES string of the molecule is Cc1ccc(C2(C(C)(C)N)CC2)cn1. The standard InChI is InChI=1S/C12H18N2/c1-9-4-5-10(8-14-9)12(6-7-12)11(2,3)13/h4-5,8H,6-7,13H2,1-3H3. The number of aromatic nitrogens is 1. The van der Waals surface area contributed by atoms with E-state index in [1.807, 2.05) is 13.1 Å². The van der Waals surface area contributed by atoms with Gasteiger partial charge < -0.3 is 5.73 Å². The van der Waals surface area contributed by atoms with Gasteiger partial charge in [0.05, 0.1) is 0 Å². The van der Waals surface area contributed by atoms with Crippen LogP contribution in [0.2, 0.25) is 0 Å². The van der Waals surface area contributed by atoms with Crippen molar-refractivity contribution in [2.45, 2.75) is 44.6 Å². The highest BCUT2D eigenvalue weighted by atomic mass is 14.8. The van der Waals surface area contributed by atoms with Crippen molar-refractivity contribution in [3.05, 3.63) is 29.6 Å². The van der Waals surface area contributed by atoms with Crippen LogP contribution in [0.3, 0.4) is 0 Å². The molecule has 1 aromatic heterocycles. The molecular weight excluding hydrogens is 172 g/mol. The Labute approximate surface area is 85.5 Å². The van der Waals surface area contributed by atoms with Crippen LogP contribution in [-0.4, -0.2) is 10.5 Å². The summed E-state index contributed by atoms with van der Waals surface area (Å²) >= 11 is 0. The second-order valence-corrected chi connectivity index (χ2v) is 4.99. The number of hydrogen-bond acceptors (Lipinski definition) is 2. The monoisotopic (exact) mass is 190 g/mol. The molecule has 1 aliphatic carbocycles. The molecule has 1 heterocycles. The number of hydrogen-bond donors (Lipinski definition) is 1. The third-order valence-corrected chi connectivity index (χ3v) is 3.45. The van der Waals surface area contributed by atoms with Crippen molar-refractivity contribution in [1.29, 1.82) is 0 Å². The fourth-order valence-corrected chi connectivity index (χ4v) is 2.18. The van der Waals surface area contributed by atoms with Crippen LogP contribution >= 0.6 is 0 Å². The minimum absolute atomic E-state index is 0.135. The van der Waals surface area contributed by atoms with Crippen molar-refractivity contribution in [2.75, 3.05) is 0 Å². The first-order valence-corrected chi connectivity index (χ1v) is 5.18. The first kappa shape index (κ1) is 9.66. The largest absolute Gasteiger partial charge is 0.325 e. The summed E-state index contributed by atoms with van der Waals surface area (Å²) in [4.78, 5) is 4.34. The minimum Gasteiger partial charge on any atom is -0.325 e. The van der Waals surface area contributed by atoms with E-state index in [-0.39, 0.29) is 11.0 Å². The summed E-state index contributed by atoms with van der Waals surface area (Å²) in [5.74, 6) is 0. The molecule has 0 spiro atoms. The van der Waals surface area contributed by atoms with Crippen LogP contribution < -0.4 is 5.73 Å². The van der Waals surface area contributed by atoms with Gasteiger partial charge in [0.25, 0.3) is 0 Å². The number of pyridine rings is 1. The number of aryl methyl sites for hydroxylation is 1. The van der Waals surface area contributed by atoms with Crippen molar-refractivity contribution in [3.63, 3.8) is 0 Å². The highest BCUT2D eigenvalue weighted by molar-refractivity contribution is 5.34. The second-order valence-electron chi connectivity index (χ2n) is 4.99. The van der Waals surface area contributed by atoms with Crippen molar-refractivity contribution in [2.24, 2.45) is 5.73 Å². The van der Waals surface area contributed by atoms with E-state index in [9.17, 15) is 0 Å². The Bertz CT molecular complexity index is 328. The van der Waals surface area contributed by atoms with Crippen LogP contribution in [0.1, 0.15) is 37.9 Å². The summed E-state index contributed by atoms with van der Waals surface area (Å²) in [5, 5.41) is 0. The van der Waals surface area contributed by atoms with E-state index in [0.717, 1.165) is 5.69 Å². The van der Waals surface area contributed by atoms with E-state index in [1.165, 1.54) is 18.4 Å². The van der Waals surface area contributed by atoms with Crippen LogP contribution in [0.25, 0.3) is 0 Å². The molecule has 0 aliphatic heterocycles. The number of nitrogens with two attached hydrogens (primary N) is 1. The summed E-state index contributed by atoms with van der Waals surface area (Å²) < 4.78 is 0. The lowest BCUT2D eigenvalue weighted by Crippen LogP contribution is -2.45. The van der Waals surface area contributed by atoms with Crippen molar-refractivity contribution in [1.82, 2.24) is 4.98 Å². The molecule has 0 bridgehead atoms. The lowest BCUT2D eigenvalue weighted by molar-refractivity contribution is 0.390. The average Bonchev–Trinajstić information content (AvgIpc) is 2.84. The van der Waals surface area contributed by atoms with E-state index in [4.69, 9.17) is 5.73 Å². The van der Waals surface area contributed by atoms with E-state index in [2.05, 4.69) is 31.0 Å². The van der Waals surface area contributed by atoms with Gasteiger partial charge in [-0.1, -0.05) is 6.07 Å². The summed E-state index contributed by atoms with van der Waals surface area (Å²) in [7, 11) is 0. The van der Waals surface area contributed by atoms with Crippen LogP contribution in [0.4, 0.5) is 0 Å². The third-order valence-electron chi connectivity index (χ3n) is 3.45. The molecule has 76 valence electrons. The van der Waals surface area contributed by atoms with Gasteiger partial charge in [-0.2, -0.15) is 0 Å². The lowest BCUT2D eigenvalue weighted by atomic mass is 9.80. The fourth-order valence-electron chi connectivity index (χ4n) is 2.18. The number of rotatable bonds is 2. The molecule has 14 heavy (non-hydrogen) atoms.